The third-order valence-electron chi connectivity index (χ3n) is 8.03. The first kappa shape index (κ1) is 22.3. The summed E-state index contributed by atoms with van der Waals surface area (Å²) in [5, 5.41) is 10.8. The van der Waals surface area contributed by atoms with Crippen LogP contribution in [0.25, 0.3) is 0 Å². The summed E-state index contributed by atoms with van der Waals surface area (Å²) in [7, 11) is 0. The van der Waals surface area contributed by atoms with Gasteiger partial charge in [0.2, 0.25) is 0 Å². The number of benzene rings is 1. The Labute approximate surface area is 185 Å². The van der Waals surface area contributed by atoms with E-state index in [9.17, 15) is 14.7 Å². The van der Waals surface area contributed by atoms with Crippen LogP contribution in [0.15, 0.2) is 18.2 Å². The van der Waals surface area contributed by atoms with Gasteiger partial charge in [-0.1, -0.05) is 26.8 Å². The average molecular weight is 429 g/mol. The van der Waals surface area contributed by atoms with Gasteiger partial charge < -0.3 is 14.6 Å². The van der Waals surface area contributed by atoms with Gasteiger partial charge in [-0.15, -0.1) is 0 Å². The second kappa shape index (κ2) is 8.93. The van der Waals surface area contributed by atoms with E-state index in [1.807, 2.05) is 26.0 Å². The molecule has 0 heterocycles. The highest BCUT2D eigenvalue weighted by Crippen LogP contribution is 2.61. The standard InChI is InChI=1S/C26H36O5/c1-4-6-23(28)30-17-9-11-18-16(14-17)8-10-20-19(18)12-13-26(3)21(20)15-22(27)25(26)31-24(29)7-5-2/h9,11,14,19-22,25,27H,4-8,10,12-13,15H2,1-3H3/t19-,20-,21+,22-,25+,26+/m1/s1. The Hall–Kier alpha value is -1.88. The number of hydrogen-bond acceptors (Lipinski definition) is 5. The molecule has 2 saturated carbocycles. The van der Waals surface area contributed by atoms with Crippen molar-refractivity contribution < 1.29 is 24.2 Å². The second-order valence-electron chi connectivity index (χ2n) is 10.0. The normalized spacial score (nSPS) is 33.7. The van der Waals surface area contributed by atoms with E-state index in [-0.39, 0.29) is 23.5 Å². The van der Waals surface area contributed by atoms with Crippen molar-refractivity contribution in [3.63, 3.8) is 0 Å². The Kier molecular flexibility index (Phi) is 6.43. The molecular formula is C26H36O5. The van der Waals surface area contributed by atoms with Gasteiger partial charge >= 0.3 is 11.9 Å². The van der Waals surface area contributed by atoms with Crippen LogP contribution >= 0.6 is 0 Å². The summed E-state index contributed by atoms with van der Waals surface area (Å²) in [5.74, 6) is 1.60. The highest BCUT2D eigenvalue weighted by molar-refractivity contribution is 5.72. The monoisotopic (exact) mass is 428 g/mol. The van der Waals surface area contributed by atoms with Crippen LogP contribution in [0.2, 0.25) is 0 Å². The maximum atomic E-state index is 12.2. The van der Waals surface area contributed by atoms with Crippen LogP contribution in [-0.2, 0) is 20.7 Å². The van der Waals surface area contributed by atoms with Crippen LogP contribution in [0.3, 0.4) is 0 Å². The van der Waals surface area contributed by atoms with E-state index < -0.39 is 6.10 Å². The zero-order valence-corrected chi connectivity index (χ0v) is 19.1. The maximum Gasteiger partial charge on any atom is 0.311 e. The zero-order valence-electron chi connectivity index (χ0n) is 19.1. The molecule has 0 unspecified atom stereocenters. The molecule has 0 aromatic heterocycles. The zero-order chi connectivity index (χ0) is 22.2. The molecule has 0 radical (unpaired) electrons. The molecule has 0 spiro atoms. The van der Waals surface area contributed by atoms with Crippen LogP contribution in [0.4, 0.5) is 0 Å². The molecule has 1 N–H and O–H groups in total. The molecule has 3 aliphatic rings. The largest absolute Gasteiger partial charge is 0.459 e. The first-order valence-electron chi connectivity index (χ1n) is 12.1. The number of rotatable bonds is 6. The van der Waals surface area contributed by atoms with Gasteiger partial charge in [-0.05, 0) is 86.0 Å². The minimum Gasteiger partial charge on any atom is -0.459 e. The summed E-state index contributed by atoms with van der Waals surface area (Å²) in [6.07, 6.45) is 6.15. The van der Waals surface area contributed by atoms with E-state index in [0.29, 0.717) is 42.8 Å². The predicted octanol–water partition coefficient (Wildman–Crippen LogP) is 4.93. The number of carbonyl (C=O) groups is 2. The van der Waals surface area contributed by atoms with Crippen molar-refractivity contribution in [2.75, 3.05) is 0 Å². The minimum absolute atomic E-state index is 0.156. The Morgan fingerprint density at radius 3 is 2.61 bits per heavy atom. The summed E-state index contributed by atoms with van der Waals surface area (Å²) in [5.41, 5.74) is 2.50. The van der Waals surface area contributed by atoms with E-state index in [2.05, 4.69) is 13.0 Å². The first-order chi connectivity index (χ1) is 14.9. The van der Waals surface area contributed by atoms with Crippen LogP contribution < -0.4 is 4.74 Å². The number of hydrogen-bond donors (Lipinski definition) is 1. The fourth-order valence-electron chi connectivity index (χ4n) is 6.59. The molecular weight excluding hydrogens is 392 g/mol. The Morgan fingerprint density at radius 1 is 1.13 bits per heavy atom. The topological polar surface area (TPSA) is 72.8 Å². The van der Waals surface area contributed by atoms with Gasteiger partial charge in [-0.3, -0.25) is 9.59 Å². The number of aryl methyl sites for hydroxylation is 1. The number of aliphatic hydroxyl groups excluding tert-OH is 1. The van der Waals surface area contributed by atoms with Crippen molar-refractivity contribution in [2.45, 2.75) is 96.7 Å². The number of fused-ring (bicyclic) bond motifs is 5. The summed E-state index contributed by atoms with van der Waals surface area (Å²) in [4.78, 5) is 24.1. The van der Waals surface area contributed by atoms with Crippen molar-refractivity contribution in [3.8, 4) is 5.75 Å². The van der Waals surface area contributed by atoms with Gasteiger partial charge in [0.1, 0.15) is 11.9 Å². The molecule has 5 heteroatoms. The average Bonchev–Trinajstić information content (AvgIpc) is 2.98. The van der Waals surface area contributed by atoms with E-state index in [1.165, 1.54) is 11.1 Å². The molecule has 0 amide bonds. The molecule has 0 saturated heterocycles. The van der Waals surface area contributed by atoms with Crippen LogP contribution in [-0.4, -0.2) is 29.3 Å². The fourth-order valence-corrected chi connectivity index (χ4v) is 6.59. The van der Waals surface area contributed by atoms with Crippen molar-refractivity contribution in [3.05, 3.63) is 29.3 Å². The highest BCUT2D eigenvalue weighted by atomic mass is 16.6. The summed E-state index contributed by atoms with van der Waals surface area (Å²) in [6, 6.07) is 6.13. The lowest BCUT2D eigenvalue weighted by Crippen LogP contribution is -2.46. The molecule has 31 heavy (non-hydrogen) atoms. The molecule has 3 aliphatic carbocycles. The van der Waals surface area contributed by atoms with Gasteiger partial charge in [-0.25, -0.2) is 0 Å². The summed E-state index contributed by atoms with van der Waals surface area (Å²) >= 11 is 0. The molecule has 170 valence electrons. The van der Waals surface area contributed by atoms with E-state index in [4.69, 9.17) is 9.47 Å². The molecule has 6 atom stereocenters. The fraction of sp³-hybridized carbons (Fsp3) is 0.692. The van der Waals surface area contributed by atoms with Gasteiger partial charge in [0.05, 0.1) is 6.10 Å². The quantitative estimate of drug-likeness (QED) is 0.514. The molecule has 1 aromatic rings. The third-order valence-corrected chi connectivity index (χ3v) is 8.03. The Balaban J connectivity index is 1.52. The van der Waals surface area contributed by atoms with Crippen LogP contribution in [0, 0.1) is 17.3 Å². The third kappa shape index (κ3) is 4.13. The van der Waals surface area contributed by atoms with Gasteiger partial charge in [0, 0.05) is 18.3 Å². The minimum atomic E-state index is -0.573. The van der Waals surface area contributed by atoms with Crippen LogP contribution in [0.5, 0.6) is 5.75 Å². The van der Waals surface area contributed by atoms with E-state index in [0.717, 1.165) is 38.5 Å². The highest BCUT2D eigenvalue weighted by Gasteiger charge is 2.59. The Morgan fingerprint density at radius 2 is 1.87 bits per heavy atom. The molecule has 1 aromatic carbocycles. The first-order valence-corrected chi connectivity index (χ1v) is 12.1. The molecule has 0 aliphatic heterocycles. The molecule has 2 fully saturated rings. The number of aliphatic hydroxyl groups is 1. The van der Waals surface area contributed by atoms with Crippen molar-refractivity contribution in [1.29, 1.82) is 0 Å². The summed E-state index contributed by atoms with van der Waals surface area (Å²) < 4.78 is 11.3. The molecule has 0 bridgehead atoms. The van der Waals surface area contributed by atoms with Gasteiger partial charge in [0.15, 0.2) is 0 Å². The van der Waals surface area contributed by atoms with Crippen molar-refractivity contribution >= 4 is 11.9 Å². The second-order valence-corrected chi connectivity index (χ2v) is 10.0. The summed E-state index contributed by atoms with van der Waals surface area (Å²) in [6.45, 7) is 6.16. The molecule has 5 nitrogen and oxygen atoms in total. The predicted molar refractivity (Wildman–Crippen MR) is 118 cm³/mol. The number of ether oxygens (including phenoxy) is 2. The van der Waals surface area contributed by atoms with Gasteiger partial charge in [0.25, 0.3) is 0 Å². The Bertz CT molecular complexity index is 833. The number of esters is 2. The number of carbonyl (C=O) groups excluding carboxylic acids is 2. The van der Waals surface area contributed by atoms with Gasteiger partial charge in [-0.2, -0.15) is 0 Å². The smallest absolute Gasteiger partial charge is 0.311 e. The lowest BCUT2D eigenvalue weighted by molar-refractivity contribution is -0.164. The lowest BCUT2D eigenvalue weighted by atomic mass is 9.55. The maximum absolute atomic E-state index is 12.2. The van der Waals surface area contributed by atoms with E-state index in [1.54, 1.807) is 0 Å². The van der Waals surface area contributed by atoms with Crippen molar-refractivity contribution in [1.82, 2.24) is 0 Å². The molecule has 4 rings (SSSR count). The van der Waals surface area contributed by atoms with Crippen LogP contribution in [0.1, 0.15) is 89.2 Å². The van der Waals surface area contributed by atoms with E-state index >= 15 is 0 Å². The SMILES string of the molecule is CCCC(=O)Oc1ccc2c(c1)CC[C@@H]1[C@@H]2CC[C@@]2(C)[C@H]1C[C@@H](O)[C@@H]2OC(=O)CCC. The lowest BCUT2D eigenvalue weighted by Gasteiger charge is -2.50. The van der Waals surface area contributed by atoms with Crippen molar-refractivity contribution in [2.24, 2.45) is 17.3 Å².